The molecule has 0 aliphatic rings. The molecular formula is C42H46N8O4. The molecule has 0 radical (unpaired) electrons. The van der Waals surface area contributed by atoms with Crippen LogP contribution in [0.15, 0.2) is 133 Å². The van der Waals surface area contributed by atoms with Crippen LogP contribution in [-0.2, 0) is 0 Å². The molecule has 0 aliphatic carbocycles. The Balaban J connectivity index is 1.17. The minimum Gasteiger partial charge on any atom is -0.297 e. The molecule has 5 aromatic carbocycles. The highest BCUT2D eigenvalue weighted by molar-refractivity contribution is 6.06. The standard InChI is InChI=1S/C42H46N8O4/c1-43(31-15-11-9-12-16-31)39(51)45(3)33-19-23-35(24-20-33)47(5)41(53)49(7)37-27-29-38(30-28-37)50(8)42(54)48(6)36-25-21-34(22-26-36)46(4)40(52)44(2)32-17-13-10-14-18-32/h9-30H,1-8H3. The van der Waals surface area contributed by atoms with E-state index in [4.69, 9.17) is 0 Å². The van der Waals surface area contributed by atoms with Crippen molar-refractivity contribution in [3.63, 3.8) is 0 Å². The van der Waals surface area contributed by atoms with Gasteiger partial charge >= 0.3 is 24.1 Å². The molecule has 5 aromatic rings. The highest BCUT2D eigenvalue weighted by atomic mass is 16.2. The van der Waals surface area contributed by atoms with Crippen molar-refractivity contribution in [2.45, 2.75) is 0 Å². The van der Waals surface area contributed by atoms with E-state index in [9.17, 15) is 19.2 Å². The van der Waals surface area contributed by atoms with Crippen molar-refractivity contribution in [2.24, 2.45) is 0 Å². The fourth-order valence-electron chi connectivity index (χ4n) is 5.79. The Labute approximate surface area is 317 Å². The smallest absolute Gasteiger partial charge is 0.297 e. The summed E-state index contributed by atoms with van der Waals surface area (Å²) in [6.45, 7) is 0. The highest BCUT2D eigenvalue weighted by Crippen LogP contribution is 2.27. The van der Waals surface area contributed by atoms with Gasteiger partial charge in [-0.1, -0.05) is 36.4 Å². The van der Waals surface area contributed by atoms with Crippen LogP contribution in [0.2, 0.25) is 0 Å². The molecule has 0 bridgehead atoms. The van der Waals surface area contributed by atoms with Crippen LogP contribution in [0.1, 0.15) is 0 Å². The van der Waals surface area contributed by atoms with Gasteiger partial charge in [0.2, 0.25) is 0 Å². The Bertz CT molecular complexity index is 1910. The summed E-state index contributed by atoms with van der Waals surface area (Å²) >= 11 is 0. The maximum Gasteiger partial charge on any atom is 0.328 e. The second-order valence-corrected chi connectivity index (χ2v) is 12.8. The summed E-state index contributed by atoms with van der Waals surface area (Å²) in [4.78, 5) is 65.5. The summed E-state index contributed by atoms with van der Waals surface area (Å²) in [5.41, 5.74) is 5.53. The van der Waals surface area contributed by atoms with E-state index < -0.39 is 0 Å². The fourth-order valence-corrected chi connectivity index (χ4v) is 5.79. The Morgan fingerprint density at radius 1 is 0.241 bits per heavy atom. The van der Waals surface area contributed by atoms with E-state index in [1.54, 1.807) is 149 Å². The number of carbonyl (C=O) groups is 4. The third-order valence-corrected chi connectivity index (χ3v) is 9.46. The van der Waals surface area contributed by atoms with Gasteiger partial charge in [-0.25, -0.2) is 19.2 Å². The second kappa shape index (κ2) is 16.7. The number of para-hydroxylation sites is 2. The first-order valence-electron chi connectivity index (χ1n) is 17.3. The van der Waals surface area contributed by atoms with Gasteiger partial charge in [0.1, 0.15) is 0 Å². The zero-order chi connectivity index (χ0) is 39.1. The molecule has 0 saturated heterocycles. The summed E-state index contributed by atoms with van der Waals surface area (Å²) in [6, 6.07) is 39.4. The van der Waals surface area contributed by atoms with Gasteiger partial charge in [0.05, 0.1) is 0 Å². The minimum atomic E-state index is -0.268. The predicted octanol–water partition coefficient (Wildman–Crippen LogP) is 8.46. The van der Waals surface area contributed by atoms with Crippen molar-refractivity contribution in [1.29, 1.82) is 0 Å². The van der Waals surface area contributed by atoms with Crippen molar-refractivity contribution in [3.05, 3.63) is 133 Å². The van der Waals surface area contributed by atoms with Crippen LogP contribution in [0.4, 0.5) is 64.7 Å². The van der Waals surface area contributed by atoms with E-state index in [2.05, 4.69) is 0 Å². The number of anilines is 8. The normalized spacial score (nSPS) is 10.5. The molecule has 8 amide bonds. The van der Waals surface area contributed by atoms with Crippen molar-refractivity contribution in [3.8, 4) is 0 Å². The molecule has 278 valence electrons. The lowest BCUT2D eigenvalue weighted by atomic mass is 10.2. The average molecular weight is 727 g/mol. The van der Waals surface area contributed by atoms with Gasteiger partial charge in [-0.05, 0) is 97.1 Å². The molecule has 0 N–H and O–H groups in total. The van der Waals surface area contributed by atoms with Crippen LogP contribution in [0, 0.1) is 0 Å². The van der Waals surface area contributed by atoms with E-state index in [0.29, 0.717) is 34.1 Å². The maximum absolute atomic E-state index is 13.5. The Morgan fingerprint density at radius 2 is 0.370 bits per heavy atom. The third-order valence-electron chi connectivity index (χ3n) is 9.46. The molecule has 0 aromatic heterocycles. The lowest BCUT2D eigenvalue weighted by Gasteiger charge is -2.28. The fraction of sp³-hybridized carbons (Fsp3) is 0.190. The number of rotatable bonds is 8. The molecule has 0 unspecified atom stereocenters. The Hall–Kier alpha value is -6.82. The number of amides is 8. The van der Waals surface area contributed by atoms with Crippen molar-refractivity contribution in [2.75, 3.05) is 95.6 Å². The average Bonchev–Trinajstić information content (AvgIpc) is 3.23. The highest BCUT2D eigenvalue weighted by Gasteiger charge is 2.23. The van der Waals surface area contributed by atoms with Crippen LogP contribution in [0.5, 0.6) is 0 Å². The number of carbonyl (C=O) groups excluding carboxylic acids is 4. The lowest BCUT2D eigenvalue weighted by Crippen LogP contribution is -2.40. The third kappa shape index (κ3) is 8.28. The number of urea groups is 4. The van der Waals surface area contributed by atoms with Crippen LogP contribution in [0.25, 0.3) is 0 Å². The molecule has 0 atom stereocenters. The molecule has 0 aliphatic heterocycles. The van der Waals surface area contributed by atoms with Crippen LogP contribution in [-0.4, -0.2) is 80.5 Å². The molecular weight excluding hydrogens is 681 g/mol. The number of hydrogen-bond acceptors (Lipinski definition) is 4. The van der Waals surface area contributed by atoms with E-state index in [0.717, 1.165) is 11.4 Å². The maximum atomic E-state index is 13.5. The van der Waals surface area contributed by atoms with Crippen molar-refractivity contribution >= 4 is 69.6 Å². The van der Waals surface area contributed by atoms with E-state index in [1.807, 2.05) is 60.7 Å². The number of hydrogen-bond donors (Lipinski definition) is 0. The first kappa shape index (κ1) is 38.4. The Kier molecular flexibility index (Phi) is 11.9. The van der Waals surface area contributed by atoms with Crippen LogP contribution in [0.3, 0.4) is 0 Å². The van der Waals surface area contributed by atoms with Gasteiger partial charge in [0.25, 0.3) is 0 Å². The Morgan fingerprint density at radius 3 is 0.519 bits per heavy atom. The molecule has 0 heterocycles. The lowest BCUT2D eigenvalue weighted by molar-refractivity contribution is 0.253. The molecule has 0 saturated carbocycles. The summed E-state index contributed by atoms with van der Waals surface area (Å²) in [5.74, 6) is 0. The second-order valence-electron chi connectivity index (χ2n) is 12.8. The quantitative estimate of drug-likeness (QED) is 0.160. The van der Waals surface area contributed by atoms with E-state index >= 15 is 0 Å². The van der Waals surface area contributed by atoms with Crippen molar-refractivity contribution in [1.82, 2.24) is 0 Å². The molecule has 0 spiro atoms. The van der Waals surface area contributed by atoms with Crippen LogP contribution < -0.4 is 39.2 Å². The topological polar surface area (TPSA) is 94.2 Å². The summed E-state index contributed by atoms with van der Waals surface area (Å²) in [7, 11) is 13.6. The van der Waals surface area contributed by atoms with Gasteiger partial charge < -0.3 is 0 Å². The minimum absolute atomic E-state index is 0.194. The first-order chi connectivity index (χ1) is 25.8. The monoisotopic (exact) mass is 726 g/mol. The van der Waals surface area contributed by atoms with Gasteiger partial charge in [0.15, 0.2) is 0 Å². The van der Waals surface area contributed by atoms with Gasteiger partial charge in [0, 0.05) is 102 Å². The molecule has 0 fully saturated rings. The van der Waals surface area contributed by atoms with Gasteiger partial charge in [-0.2, -0.15) is 0 Å². The summed E-state index contributed by atoms with van der Waals surface area (Å²) in [6.07, 6.45) is 0. The van der Waals surface area contributed by atoms with Gasteiger partial charge in [-0.3, -0.25) is 39.2 Å². The molecule has 5 rings (SSSR count). The van der Waals surface area contributed by atoms with Gasteiger partial charge in [-0.15, -0.1) is 0 Å². The molecule has 12 heteroatoms. The first-order valence-corrected chi connectivity index (χ1v) is 17.3. The van der Waals surface area contributed by atoms with Crippen molar-refractivity contribution < 1.29 is 19.2 Å². The summed E-state index contributed by atoms with van der Waals surface area (Å²) in [5, 5.41) is 0. The van der Waals surface area contributed by atoms with Crippen LogP contribution >= 0.6 is 0 Å². The SMILES string of the molecule is CN(C(=O)N(C)c1ccc(N(C)C(=O)N(C)c2ccc(N(C)C(=O)N(C)c3ccc(N(C)C(=O)N(C)c4ccccc4)cc3)cc2)cc1)c1ccccc1. The zero-order valence-electron chi connectivity index (χ0n) is 31.9. The number of nitrogens with zero attached hydrogens (tertiary/aromatic N) is 8. The number of benzene rings is 5. The van der Waals surface area contributed by atoms with E-state index in [-0.39, 0.29) is 24.1 Å². The molecule has 12 nitrogen and oxygen atoms in total. The summed E-state index contributed by atoms with van der Waals surface area (Å²) < 4.78 is 0. The zero-order valence-corrected chi connectivity index (χ0v) is 31.9. The molecule has 54 heavy (non-hydrogen) atoms. The largest absolute Gasteiger partial charge is 0.328 e. The van der Waals surface area contributed by atoms with E-state index in [1.165, 1.54) is 19.6 Å². The predicted molar refractivity (Wildman–Crippen MR) is 221 cm³/mol.